The molecule has 1 amide bonds. The fraction of sp³-hybridized carbons (Fsp3) is 0.316. The van der Waals surface area contributed by atoms with Gasteiger partial charge in [-0.3, -0.25) is 0 Å². The topological polar surface area (TPSA) is 29.5 Å². The number of nitrogens with zero attached hydrogens (tertiary/aromatic N) is 1. The first-order chi connectivity index (χ1) is 10.7. The highest BCUT2D eigenvalue weighted by Crippen LogP contribution is 2.28. The number of piperidine rings is 1. The normalized spacial score (nSPS) is 15.6. The number of ether oxygens (including phenoxy) is 1. The molecule has 0 spiro atoms. The van der Waals surface area contributed by atoms with Crippen molar-refractivity contribution in [3.8, 4) is 5.75 Å². The fourth-order valence-corrected chi connectivity index (χ4v) is 2.96. The molecule has 2 aromatic carbocycles. The zero-order chi connectivity index (χ0) is 15.4. The van der Waals surface area contributed by atoms with E-state index in [4.69, 9.17) is 4.74 Å². The second kappa shape index (κ2) is 6.65. The van der Waals surface area contributed by atoms with Crippen LogP contribution in [0, 0.1) is 6.92 Å². The highest BCUT2D eigenvalue weighted by atomic mass is 16.6. The third-order valence-electron chi connectivity index (χ3n) is 4.22. The molecule has 0 aromatic heterocycles. The second-order valence-corrected chi connectivity index (χ2v) is 5.86. The van der Waals surface area contributed by atoms with Crippen LogP contribution < -0.4 is 4.74 Å². The van der Waals surface area contributed by atoms with Crippen LogP contribution in [0.3, 0.4) is 0 Å². The molecule has 1 aliphatic heterocycles. The number of hydrogen-bond donors (Lipinski definition) is 0. The van der Waals surface area contributed by atoms with E-state index in [1.165, 1.54) is 5.56 Å². The Bertz CT molecular complexity index is 631. The van der Waals surface area contributed by atoms with Gasteiger partial charge in [0.05, 0.1) is 0 Å². The Kier molecular flexibility index (Phi) is 4.42. The Morgan fingerprint density at radius 2 is 1.77 bits per heavy atom. The van der Waals surface area contributed by atoms with Crippen LogP contribution in [0.1, 0.15) is 29.9 Å². The zero-order valence-electron chi connectivity index (χ0n) is 12.9. The quantitative estimate of drug-likeness (QED) is 0.823. The maximum Gasteiger partial charge on any atom is 0.415 e. The van der Waals surface area contributed by atoms with Crippen LogP contribution in [0.5, 0.6) is 5.75 Å². The molecule has 0 bridgehead atoms. The van der Waals surface area contributed by atoms with Crippen LogP contribution in [0.2, 0.25) is 0 Å². The molecule has 3 nitrogen and oxygen atoms in total. The second-order valence-electron chi connectivity index (χ2n) is 5.86. The smallest absolute Gasteiger partial charge is 0.410 e. The van der Waals surface area contributed by atoms with E-state index in [0.29, 0.717) is 11.7 Å². The summed E-state index contributed by atoms with van der Waals surface area (Å²) in [6, 6.07) is 18.1. The summed E-state index contributed by atoms with van der Waals surface area (Å²) in [6.07, 6.45) is 1.75. The van der Waals surface area contributed by atoms with Crippen LogP contribution in [0.15, 0.2) is 54.6 Å². The van der Waals surface area contributed by atoms with E-state index < -0.39 is 0 Å². The largest absolute Gasteiger partial charge is 0.415 e. The number of aryl methyl sites for hydroxylation is 1. The summed E-state index contributed by atoms with van der Waals surface area (Å²) in [4.78, 5) is 14.0. The van der Waals surface area contributed by atoms with Gasteiger partial charge >= 0.3 is 6.09 Å². The number of hydrogen-bond acceptors (Lipinski definition) is 2. The minimum absolute atomic E-state index is 0.239. The van der Waals surface area contributed by atoms with Gasteiger partial charge in [-0.15, -0.1) is 0 Å². The van der Waals surface area contributed by atoms with Crippen molar-refractivity contribution in [2.24, 2.45) is 0 Å². The summed E-state index contributed by atoms with van der Waals surface area (Å²) in [5.41, 5.74) is 2.46. The van der Waals surface area contributed by atoms with Crippen molar-refractivity contribution in [2.75, 3.05) is 13.1 Å². The van der Waals surface area contributed by atoms with Gasteiger partial charge in [0.15, 0.2) is 0 Å². The molecule has 114 valence electrons. The Balaban J connectivity index is 1.56. The van der Waals surface area contributed by atoms with Gasteiger partial charge in [0, 0.05) is 13.1 Å². The van der Waals surface area contributed by atoms with Gasteiger partial charge < -0.3 is 9.64 Å². The first-order valence-corrected chi connectivity index (χ1v) is 7.81. The van der Waals surface area contributed by atoms with Crippen molar-refractivity contribution in [2.45, 2.75) is 25.7 Å². The van der Waals surface area contributed by atoms with Crippen molar-refractivity contribution >= 4 is 6.09 Å². The number of carbonyl (C=O) groups excluding carboxylic acids is 1. The van der Waals surface area contributed by atoms with Crippen LogP contribution >= 0.6 is 0 Å². The summed E-state index contributed by atoms with van der Waals surface area (Å²) in [5.74, 6) is 1.17. The molecule has 2 aromatic rings. The van der Waals surface area contributed by atoms with Crippen molar-refractivity contribution in [3.05, 3.63) is 65.7 Å². The lowest BCUT2D eigenvalue weighted by molar-refractivity contribution is 0.138. The van der Waals surface area contributed by atoms with Gasteiger partial charge in [-0.05, 0) is 48.9 Å². The molecular formula is C19H21NO2. The lowest BCUT2D eigenvalue weighted by Gasteiger charge is -2.31. The van der Waals surface area contributed by atoms with Gasteiger partial charge in [-0.1, -0.05) is 42.5 Å². The minimum atomic E-state index is -0.239. The third-order valence-corrected chi connectivity index (χ3v) is 4.22. The van der Waals surface area contributed by atoms with Crippen LogP contribution in [-0.2, 0) is 0 Å². The Hall–Kier alpha value is -2.29. The molecule has 3 rings (SSSR count). The van der Waals surface area contributed by atoms with Gasteiger partial charge in [-0.2, -0.15) is 0 Å². The Labute approximate surface area is 131 Å². The van der Waals surface area contributed by atoms with Gasteiger partial charge in [0.25, 0.3) is 0 Å². The van der Waals surface area contributed by atoms with E-state index in [0.717, 1.165) is 31.5 Å². The van der Waals surface area contributed by atoms with Crippen molar-refractivity contribution in [1.29, 1.82) is 0 Å². The summed E-state index contributed by atoms with van der Waals surface area (Å²) in [6.45, 7) is 3.50. The molecule has 3 heteroatoms. The van der Waals surface area contributed by atoms with E-state index in [9.17, 15) is 4.79 Å². The highest BCUT2D eigenvalue weighted by Gasteiger charge is 2.24. The van der Waals surface area contributed by atoms with Crippen molar-refractivity contribution in [1.82, 2.24) is 4.90 Å². The van der Waals surface area contributed by atoms with E-state index in [-0.39, 0.29) is 6.09 Å². The molecule has 1 heterocycles. The number of rotatable bonds is 2. The molecule has 0 unspecified atom stereocenters. The lowest BCUT2D eigenvalue weighted by Crippen LogP contribution is -2.39. The van der Waals surface area contributed by atoms with E-state index in [1.54, 1.807) is 0 Å². The Morgan fingerprint density at radius 1 is 1.05 bits per heavy atom. The number of likely N-dealkylation sites (tertiary alicyclic amines) is 1. The van der Waals surface area contributed by atoms with E-state index in [1.807, 2.05) is 42.2 Å². The molecule has 0 radical (unpaired) electrons. The minimum Gasteiger partial charge on any atom is -0.410 e. The highest BCUT2D eigenvalue weighted by molar-refractivity contribution is 5.70. The standard InChI is InChI=1S/C19H21NO2/c1-15-6-5-9-18(14-15)22-19(21)20-12-10-17(11-13-20)16-7-3-2-4-8-16/h2-9,14,17H,10-13H2,1H3. The number of carbonyl (C=O) groups is 1. The fourth-order valence-electron chi connectivity index (χ4n) is 2.96. The summed E-state index contributed by atoms with van der Waals surface area (Å²) >= 11 is 0. The maximum atomic E-state index is 12.2. The summed E-state index contributed by atoms with van der Waals surface area (Å²) < 4.78 is 5.46. The van der Waals surface area contributed by atoms with Crippen molar-refractivity contribution in [3.63, 3.8) is 0 Å². The first kappa shape index (κ1) is 14.6. The molecule has 1 aliphatic rings. The number of benzene rings is 2. The zero-order valence-corrected chi connectivity index (χ0v) is 12.9. The molecule has 0 atom stereocenters. The summed E-state index contributed by atoms with van der Waals surface area (Å²) in [5, 5.41) is 0. The molecular weight excluding hydrogens is 274 g/mol. The molecule has 0 aliphatic carbocycles. The Morgan fingerprint density at radius 3 is 2.45 bits per heavy atom. The van der Waals surface area contributed by atoms with E-state index >= 15 is 0 Å². The van der Waals surface area contributed by atoms with Gasteiger partial charge in [0.1, 0.15) is 5.75 Å². The van der Waals surface area contributed by atoms with Gasteiger partial charge in [-0.25, -0.2) is 4.79 Å². The average molecular weight is 295 g/mol. The van der Waals surface area contributed by atoms with Crippen LogP contribution in [0.25, 0.3) is 0 Å². The SMILES string of the molecule is Cc1cccc(OC(=O)N2CCC(c3ccccc3)CC2)c1. The monoisotopic (exact) mass is 295 g/mol. The first-order valence-electron chi connectivity index (χ1n) is 7.81. The molecule has 22 heavy (non-hydrogen) atoms. The van der Waals surface area contributed by atoms with E-state index in [2.05, 4.69) is 24.3 Å². The molecule has 0 saturated carbocycles. The lowest BCUT2D eigenvalue weighted by atomic mass is 9.90. The predicted octanol–water partition coefficient (Wildman–Crippen LogP) is 4.37. The molecule has 1 saturated heterocycles. The van der Waals surface area contributed by atoms with Crippen molar-refractivity contribution < 1.29 is 9.53 Å². The molecule has 0 N–H and O–H groups in total. The number of amides is 1. The molecule has 1 fully saturated rings. The predicted molar refractivity (Wildman–Crippen MR) is 87.2 cm³/mol. The van der Waals surface area contributed by atoms with Crippen LogP contribution in [-0.4, -0.2) is 24.1 Å². The average Bonchev–Trinajstić information content (AvgIpc) is 2.56. The maximum absolute atomic E-state index is 12.2. The van der Waals surface area contributed by atoms with Gasteiger partial charge in [0.2, 0.25) is 0 Å². The third kappa shape index (κ3) is 3.48. The summed E-state index contributed by atoms with van der Waals surface area (Å²) in [7, 11) is 0. The van der Waals surface area contributed by atoms with Crippen LogP contribution in [0.4, 0.5) is 4.79 Å².